The van der Waals surface area contributed by atoms with E-state index in [1.54, 1.807) is 0 Å². The van der Waals surface area contributed by atoms with Crippen LogP contribution in [0.3, 0.4) is 0 Å². The van der Waals surface area contributed by atoms with Crippen LogP contribution in [0.25, 0.3) is 0 Å². The van der Waals surface area contributed by atoms with Crippen LogP contribution in [0, 0.1) is 17.8 Å². The lowest BCUT2D eigenvalue weighted by Crippen LogP contribution is -2.30. The summed E-state index contributed by atoms with van der Waals surface area (Å²) in [6.07, 6.45) is 62.1. The number of rotatable bonds is 77. The minimum Gasteiger partial charge on any atom is -0.462 e. The number of hydrogen-bond donors (Lipinski definition) is 3. The van der Waals surface area contributed by atoms with Crippen LogP contribution in [0.15, 0.2) is 24.3 Å². The molecular formula is C81H154O17P2. The van der Waals surface area contributed by atoms with E-state index < -0.39 is 97.5 Å². The fraction of sp³-hybridized carbons (Fsp3) is 0.901. The highest BCUT2D eigenvalue weighted by atomic mass is 31.2. The normalized spacial score (nSPS) is 14.4. The molecule has 17 nitrogen and oxygen atoms in total. The molecule has 0 aromatic carbocycles. The Morgan fingerprint density at radius 3 is 0.890 bits per heavy atom. The molecule has 3 N–H and O–H groups in total. The second-order valence-corrected chi connectivity index (χ2v) is 32.6. The molecule has 0 aromatic heterocycles. The van der Waals surface area contributed by atoms with E-state index in [-0.39, 0.29) is 25.7 Å². The Bertz CT molecular complexity index is 2040. The van der Waals surface area contributed by atoms with Gasteiger partial charge in [-0.15, -0.1) is 0 Å². The van der Waals surface area contributed by atoms with Crippen LogP contribution >= 0.6 is 15.6 Å². The molecule has 0 bridgehead atoms. The van der Waals surface area contributed by atoms with Gasteiger partial charge < -0.3 is 33.8 Å². The Hall–Kier alpha value is -2.46. The highest BCUT2D eigenvalue weighted by Crippen LogP contribution is 2.45. The lowest BCUT2D eigenvalue weighted by atomic mass is 9.99. The van der Waals surface area contributed by atoms with Gasteiger partial charge in [0.2, 0.25) is 0 Å². The standard InChI is InChI=1S/C81H154O17P2/c1-8-10-11-12-13-14-15-16-21-25-30-35-40-48-55-62-78(83)91-68-76(97-80(85)64-57-50-41-36-31-26-23-20-18-17-19-22-24-29-34-39-47-54-61-74(7)9-2)70-95-99(87,88)93-66-75(82)67-94-100(89,90)96-71-77(69-92-79(84)63-56-49-44-43-46-53-60-73(5)6)98-81(86)65-58-51-42-37-32-27-28-33-38-45-52-59-72(3)4/h14-16,21,72-77,82H,8-13,17-20,22-71H2,1-7H3,(H,87,88)(H,89,90)/b15-14-,21-16-/t74?,75-,76-,77-/m1/s1. The van der Waals surface area contributed by atoms with Gasteiger partial charge in [-0.05, 0) is 69.1 Å². The van der Waals surface area contributed by atoms with Crippen molar-refractivity contribution < 1.29 is 80.2 Å². The molecule has 6 atom stereocenters. The first-order valence-electron chi connectivity index (χ1n) is 41.2. The third-order valence-electron chi connectivity index (χ3n) is 18.6. The topological polar surface area (TPSA) is 237 Å². The average molecular weight is 1460 g/mol. The number of aliphatic hydroxyl groups is 1. The van der Waals surface area contributed by atoms with Crippen molar-refractivity contribution in [2.45, 2.75) is 414 Å². The molecule has 0 radical (unpaired) electrons. The predicted molar refractivity (Wildman–Crippen MR) is 409 cm³/mol. The second-order valence-electron chi connectivity index (χ2n) is 29.7. The summed E-state index contributed by atoms with van der Waals surface area (Å²) in [6.45, 7) is 11.8. The van der Waals surface area contributed by atoms with Gasteiger partial charge in [-0.25, -0.2) is 9.13 Å². The number of hydrogen-bond acceptors (Lipinski definition) is 15. The molecule has 0 aliphatic rings. The molecule has 0 rings (SSSR count). The van der Waals surface area contributed by atoms with Crippen molar-refractivity contribution in [2.75, 3.05) is 39.6 Å². The van der Waals surface area contributed by atoms with E-state index in [4.69, 9.17) is 37.0 Å². The number of carbonyl (C=O) groups excluding carboxylic acids is 4. The molecule has 0 amide bonds. The summed E-state index contributed by atoms with van der Waals surface area (Å²) >= 11 is 0. The van der Waals surface area contributed by atoms with Crippen LogP contribution in [0.2, 0.25) is 0 Å². The van der Waals surface area contributed by atoms with Crippen molar-refractivity contribution in [3.8, 4) is 0 Å². The van der Waals surface area contributed by atoms with E-state index in [1.165, 1.54) is 180 Å². The fourth-order valence-electron chi connectivity index (χ4n) is 11.9. The van der Waals surface area contributed by atoms with Gasteiger partial charge in [-0.2, -0.15) is 0 Å². The van der Waals surface area contributed by atoms with Crippen LogP contribution in [0.1, 0.15) is 395 Å². The Kier molecular flexibility index (Phi) is 69.1. The van der Waals surface area contributed by atoms with Crippen LogP contribution in [0.5, 0.6) is 0 Å². The summed E-state index contributed by atoms with van der Waals surface area (Å²) in [6, 6.07) is 0. The molecule has 0 heterocycles. The lowest BCUT2D eigenvalue weighted by molar-refractivity contribution is -0.161. The van der Waals surface area contributed by atoms with Crippen LogP contribution in [-0.2, 0) is 65.4 Å². The monoisotopic (exact) mass is 1460 g/mol. The smallest absolute Gasteiger partial charge is 0.462 e. The van der Waals surface area contributed by atoms with Crippen molar-refractivity contribution in [1.82, 2.24) is 0 Å². The van der Waals surface area contributed by atoms with Gasteiger partial charge in [-0.1, -0.05) is 342 Å². The molecular weight excluding hydrogens is 1310 g/mol. The van der Waals surface area contributed by atoms with Crippen molar-refractivity contribution in [2.24, 2.45) is 17.8 Å². The zero-order valence-electron chi connectivity index (χ0n) is 65.2. The number of unbranched alkanes of at least 4 members (excludes halogenated alkanes) is 41. The van der Waals surface area contributed by atoms with Crippen molar-refractivity contribution in [1.29, 1.82) is 0 Å². The fourth-order valence-corrected chi connectivity index (χ4v) is 13.5. The largest absolute Gasteiger partial charge is 0.472 e. The highest BCUT2D eigenvalue weighted by molar-refractivity contribution is 7.47. The number of phosphoric ester groups is 2. The lowest BCUT2D eigenvalue weighted by Gasteiger charge is -2.21. The Morgan fingerprint density at radius 2 is 0.590 bits per heavy atom. The number of allylic oxidation sites excluding steroid dienone is 4. The van der Waals surface area contributed by atoms with Gasteiger partial charge >= 0.3 is 39.5 Å². The zero-order chi connectivity index (χ0) is 73.7. The van der Waals surface area contributed by atoms with Gasteiger partial charge in [-0.3, -0.25) is 37.3 Å². The van der Waals surface area contributed by atoms with E-state index >= 15 is 0 Å². The summed E-state index contributed by atoms with van der Waals surface area (Å²) in [5.74, 6) is 0.166. The van der Waals surface area contributed by atoms with Gasteiger partial charge in [0.05, 0.1) is 26.4 Å². The van der Waals surface area contributed by atoms with Crippen molar-refractivity contribution in [3.05, 3.63) is 24.3 Å². The summed E-state index contributed by atoms with van der Waals surface area (Å²) < 4.78 is 68.6. The number of esters is 4. The molecule has 100 heavy (non-hydrogen) atoms. The van der Waals surface area contributed by atoms with E-state index in [9.17, 15) is 43.2 Å². The van der Waals surface area contributed by atoms with Crippen LogP contribution in [0.4, 0.5) is 0 Å². The quantitative estimate of drug-likeness (QED) is 0.0169. The Labute approximate surface area is 612 Å². The third-order valence-corrected chi connectivity index (χ3v) is 20.5. The molecule has 0 saturated heterocycles. The van der Waals surface area contributed by atoms with Gasteiger partial charge in [0, 0.05) is 25.7 Å². The van der Waals surface area contributed by atoms with Gasteiger partial charge in [0.15, 0.2) is 12.2 Å². The molecule has 3 unspecified atom stereocenters. The summed E-state index contributed by atoms with van der Waals surface area (Å²) in [5, 5.41) is 10.6. The molecule has 0 fully saturated rings. The zero-order valence-corrected chi connectivity index (χ0v) is 66.9. The first-order chi connectivity index (χ1) is 48.3. The number of ether oxygens (including phenoxy) is 4. The molecule has 19 heteroatoms. The van der Waals surface area contributed by atoms with Crippen molar-refractivity contribution in [3.63, 3.8) is 0 Å². The predicted octanol–water partition coefficient (Wildman–Crippen LogP) is 23.7. The summed E-state index contributed by atoms with van der Waals surface area (Å²) in [5.41, 5.74) is 0. The van der Waals surface area contributed by atoms with Gasteiger partial charge in [0.25, 0.3) is 0 Å². The van der Waals surface area contributed by atoms with E-state index in [0.29, 0.717) is 31.6 Å². The molecule has 590 valence electrons. The van der Waals surface area contributed by atoms with Crippen molar-refractivity contribution >= 4 is 39.5 Å². The molecule has 0 aliphatic heterocycles. The second kappa shape index (κ2) is 70.8. The maximum Gasteiger partial charge on any atom is 0.472 e. The SMILES string of the molecule is CCCCCC/C=C\C=C/CCCCCCCC(=O)OC[C@H](COP(=O)(O)OC[C@@H](O)COP(=O)(O)OC[C@@H](COC(=O)CCCCCCCCC(C)C)OC(=O)CCCCCCCCCCCCCC(C)C)OC(=O)CCCCCCCCCCCCCCCCCCCCC(C)CC. The number of phosphoric acid groups is 2. The third kappa shape index (κ3) is 72.5. The summed E-state index contributed by atoms with van der Waals surface area (Å²) in [7, 11) is -9.93. The molecule has 0 aromatic rings. The molecule has 0 spiro atoms. The maximum atomic E-state index is 13.1. The number of aliphatic hydroxyl groups excluding tert-OH is 1. The minimum atomic E-state index is -4.97. The average Bonchev–Trinajstić information content (AvgIpc) is 0.933. The van der Waals surface area contributed by atoms with E-state index in [1.807, 2.05) is 0 Å². The Balaban J connectivity index is 5.23. The van der Waals surface area contributed by atoms with E-state index in [0.717, 1.165) is 127 Å². The van der Waals surface area contributed by atoms with Gasteiger partial charge in [0.1, 0.15) is 19.3 Å². The maximum absolute atomic E-state index is 13.1. The first-order valence-corrected chi connectivity index (χ1v) is 44.2. The highest BCUT2D eigenvalue weighted by Gasteiger charge is 2.30. The first kappa shape index (κ1) is 97.5. The summed E-state index contributed by atoms with van der Waals surface area (Å²) in [4.78, 5) is 72.9. The van der Waals surface area contributed by atoms with E-state index in [2.05, 4.69) is 72.8 Å². The Morgan fingerprint density at radius 1 is 0.330 bits per heavy atom. The van der Waals surface area contributed by atoms with Crippen LogP contribution < -0.4 is 0 Å². The van der Waals surface area contributed by atoms with Crippen LogP contribution in [-0.4, -0.2) is 96.7 Å². The minimum absolute atomic E-state index is 0.101. The number of carbonyl (C=O) groups is 4. The molecule has 0 aliphatic carbocycles. The molecule has 0 saturated carbocycles.